The van der Waals surface area contributed by atoms with Crippen LogP contribution in [0.25, 0.3) is 0 Å². The van der Waals surface area contributed by atoms with Crippen LogP contribution in [0.2, 0.25) is 0 Å². The van der Waals surface area contributed by atoms with E-state index in [4.69, 9.17) is 10.5 Å². The van der Waals surface area contributed by atoms with Gasteiger partial charge in [-0.1, -0.05) is 25.7 Å². The Bertz CT molecular complexity index is 1030. The maximum atomic E-state index is 13.9. The second-order valence-corrected chi connectivity index (χ2v) is 11.6. The molecule has 1 aromatic rings. The zero-order valence-electron chi connectivity index (χ0n) is 21.6. The molecule has 9 nitrogen and oxygen atoms in total. The number of hydrogen-bond donors (Lipinski definition) is 2. The number of Topliss-reactive ketones (excluding diaryl/α,β-unsaturated/α-hetero) is 1. The highest BCUT2D eigenvalue weighted by Crippen LogP contribution is 2.35. The molecule has 3 N–H and O–H groups in total. The number of ether oxygens (including phenoxy) is 1. The van der Waals surface area contributed by atoms with Gasteiger partial charge < -0.3 is 25.6 Å². The van der Waals surface area contributed by atoms with E-state index in [0.29, 0.717) is 18.4 Å². The van der Waals surface area contributed by atoms with Gasteiger partial charge in [0.2, 0.25) is 5.91 Å². The molecule has 2 amide bonds. The van der Waals surface area contributed by atoms with Gasteiger partial charge in [-0.2, -0.15) is 0 Å². The molecule has 2 aliphatic carbocycles. The van der Waals surface area contributed by atoms with Gasteiger partial charge in [-0.15, -0.1) is 0 Å². The lowest BCUT2D eigenvalue weighted by Gasteiger charge is -2.43. The molecular formula is C28H39N5O4. The first-order chi connectivity index (χ1) is 17.9. The highest BCUT2D eigenvalue weighted by Gasteiger charge is 2.55. The van der Waals surface area contributed by atoms with E-state index in [0.717, 1.165) is 57.2 Å². The number of anilines is 1. The molecule has 9 heteroatoms. The predicted molar refractivity (Wildman–Crippen MR) is 139 cm³/mol. The Morgan fingerprint density at radius 2 is 1.68 bits per heavy atom. The lowest BCUT2D eigenvalue weighted by molar-refractivity contribution is -0.143. The summed E-state index contributed by atoms with van der Waals surface area (Å²) in [5, 5.41) is 3.12. The van der Waals surface area contributed by atoms with E-state index in [9.17, 15) is 14.4 Å². The molecule has 0 bridgehead atoms. The van der Waals surface area contributed by atoms with E-state index in [1.807, 2.05) is 24.3 Å². The number of nitrogens with two attached hydrogens (primary N) is 1. The largest absolute Gasteiger partial charge is 0.369 e. The van der Waals surface area contributed by atoms with Crippen LogP contribution in [0, 0.1) is 0 Å². The minimum absolute atomic E-state index is 0.00580. The van der Waals surface area contributed by atoms with E-state index < -0.39 is 17.7 Å². The second kappa shape index (κ2) is 10.0. The van der Waals surface area contributed by atoms with Gasteiger partial charge >= 0.3 is 0 Å². The molecule has 3 heterocycles. The molecule has 37 heavy (non-hydrogen) atoms. The van der Waals surface area contributed by atoms with Crippen molar-refractivity contribution in [3.8, 4) is 0 Å². The number of hydrogen-bond acceptors (Lipinski definition) is 7. The molecule has 0 spiro atoms. The zero-order chi connectivity index (χ0) is 25.6. The summed E-state index contributed by atoms with van der Waals surface area (Å²) >= 11 is 0. The van der Waals surface area contributed by atoms with Gasteiger partial charge in [0.1, 0.15) is 24.3 Å². The molecule has 3 saturated heterocycles. The average Bonchev–Trinajstić information content (AvgIpc) is 3.44. The fourth-order valence-electron chi connectivity index (χ4n) is 6.93. The van der Waals surface area contributed by atoms with Gasteiger partial charge in [0.05, 0.1) is 6.04 Å². The van der Waals surface area contributed by atoms with Crippen molar-refractivity contribution in [2.45, 2.75) is 81.1 Å². The number of piperazine rings is 1. The van der Waals surface area contributed by atoms with Crippen molar-refractivity contribution in [2.75, 3.05) is 44.2 Å². The van der Waals surface area contributed by atoms with Crippen molar-refractivity contribution < 1.29 is 19.1 Å². The Balaban J connectivity index is 1.13. The van der Waals surface area contributed by atoms with Crippen LogP contribution < -0.4 is 16.0 Å². The van der Waals surface area contributed by atoms with Crippen molar-refractivity contribution in [2.24, 2.45) is 5.73 Å². The smallest absolute Gasteiger partial charge is 0.252 e. The summed E-state index contributed by atoms with van der Waals surface area (Å²) in [6, 6.07) is 7.51. The average molecular weight is 510 g/mol. The normalized spacial score (nSPS) is 30.2. The highest BCUT2D eigenvalue weighted by molar-refractivity contribution is 6.01. The summed E-state index contributed by atoms with van der Waals surface area (Å²) in [6.07, 6.45) is 7.47. The Morgan fingerprint density at radius 1 is 0.973 bits per heavy atom. The summed E-state index contributed by atoms with van der Waals surface area (Å²) in [7, 11) is 0. The maximum absolute atomic E-state index is 13.9. The molecule has 5 aliphatic rings. The Kier molecular flexibility index (Phi) is 6.71. The number of carbonyl (C=O) groups excluding carboxylic acids is 3. The van der Waals surface area contributed by atoms with Crippen molar-refractivity contribution in [3.05, 3.63) is 29.8 Å². The predicted octanol–water partition coefficient (Wildman–Crippen LogP) is 1.30. The third-order valence-corrected chi connectivity index (χ3v) is 9.35. The minimum Gasteiger partial charge on any atom is -0.369 e. The van der Waals surface area contributed by atoms with Crippen molar-refractivity contribution in [3.63, 3.8) is 0 Å². The Labute approximate surface area is 218 Å². The van der Waals surface area contributed by atoms with Crippen LogP contribution in [0.15, 0.2) is 24.3 Å². The van der Waals surface area contributed by atoms with Gasteiger partial charge in [-0.05, 0) is 49.9 Å². The first kappa shape index (κ1) is 24.8. The summed E-state index contributed by atoms with van der Waals surface area (Å²) < 4.78 is 5.58. The van der Waals surface area contributed by atoms with E-state index >= 15 is 0 Å². The van der Waals surface area contributed by atoms with Crippen molar-refractivity contribution >= 4 is 23.3 Å². The summed E-state index contributed by atoms with van der Waals surface area (Å²) in [4.78, 5) is 46.4. The number of likely N-dealkylation sites (tertiary alicyclic amines) is 1. The van der Waals surface area contributed by atoms with Gasteiger partial charge in [0.25, 0.3) is 5.91 Å². The van der Waals surface area contributed by atoms with Crippen molar-refractivity contribution in [1.29, 1.82) is 0 Å². The number of ketones is 1. The molecular weight excluding hydrogens is 470 g/mol. The van der Waals surface area contributed by atoms with Crippen LogP contribution in [-0.4, -0.2) is 96.5 Å². The van der Waals surface area contributed by atoms with Crippen LogP contribution >= 0.6 is 0 Å². The number of nitrogens with zero attached hydrogens (tertiary/aromatic N) is 3. The van der Waals surface area contributed by atoms with E-state index in [1.165, 1.54) is 19.3 Å². The van der Waals surface area contributed by atoms with E-state index in [1.54, 1.807) is 4.90 Å². The van der Waals surface area contributed by atoms with Gasteiger partial charge in [0.15, 0.2) is 5.78 Å². The van der Waals surface area contributed by atoms with Gasteiger partial charge in [0, 0.05) is 50.0 Å². The Morgan fingerprint density at radius 3 is 2.32 bits per heavy atom. The van der Waals surface area contributed by atoms with Crippen LogP contribution in [-0.2, 0) is 14.3 Å². The number of carbonyl (C=O) groups is 3. The number of nitrogens with one attached hydrogen (secondary N) is 1. The summed E-state index contributed by atoms with van der Waals surface area (Å²) in [5.74, 6) is -0.540. The molecule has 3 aliphatic heterocycles. The van der Waals surface area contributed by atoms with Gasteiger partial charge in [-0.25, -0.2) is 0 Å². The summed E-state index contributed by atoms with van der Waals surface area (Å²) in [6.45, 7) is 4.46. The molecule has 2 saturated carbocycles. The monoisotopic (exact) mass is 509 g/mol. The number of rotatable bonds is 5. The molecule has 6 rings (SSSR count). The van der Waals surface area contributed by atoms with Gasteiger partial charge in [-0.3, -0.25) is 19.3 Å². The second-order valence-electron chi connectivity index (χ2n) is 11.6. The van der Waals surface area contributed by atoms with Crippen LogP contribution in [0.3, 0.4) is 0 Å². The molecule has 200 valence electrons. The van der Waals surface area contributed by atoms with Crippen LogP contribution in [0.5, 0.6) is 0 Å². The quantitative estimate of drug-likeness (QED) is 0.616. The first-order valence-corrected chi connectivity index (χ1v) is 14.1. The van der Waals surface area contributed by atoms with E-state index in [-0.39, 0.29) is 36.8 Å². The fraction of sp³-hybridized carbons (Fsp3) is 0.679. The molecule has 0 unspecified atom stereocenters. The molecule has 3 atom stereocenters. The Hall–Kier alpha value is -2.49. The van der Waals surface area contributed by atoms with Crippen LogP contribution in [0.1, 0.15) is 61.7 Å². The fourth-order valence-corrected chi connectivity index (χ4v) is 6.93. The number of fused-ring (bicyclic) bond motifs is 1. The van der Waals surface area contributed by atoms with Crippen LogP contribution in [0.4, 0.5) is 5.69 Å². The summed E-state index contributed by atoms with van der Waals surface area (Å²) in [5.41, 5.74) is 6.88. The third-order valence-electron chi connectivity index (χ3n) is 9.35. The first-order valence-electron chi connectivity index (χ1n) is 14.1. The lowest BCUT2D eigenvalue weighted by atomic mass is 9.80. The third kappa shape index (κ3) is 4.55. The lowest BCUT2D eigenvalue weighted by Crippen LogP contribution is -2.62. The zero-order valence-corrected chi connectivity index (χ0v) is 21.6. The molecule has 0 aromatic heterocycles. The van der Waals surface area contributed by atoms with E-state index in [2.05, 4.69) is 15.1 Å². The SMILES string of the molecule is N[C@H]1CN(C(=O)C2(NC(=O)c3ccc(N4CCN(C5CCC5)CC4)cc3)CCCCC2)[C@@H]2C(=O)CO[C@@H]21. The number of amides is 2. The standard InChI is InChI=1S/C28H39N5O4/c29-22-17-33(24-23(34)18-37-25(22)24)27(36)28(11-2-1-3-12-28)30-26(35)19-7-9-21(10-8-19)32-15-13-31(14-16-32)20-5-4-6-20/h7-10,20,22,24-25H,1-6,11-18,29H2,(H,30,35)/t22-,24+,25+/m0/s1. The maximum Gasteiger partial charge on any atom is 0.252 e. The highest BCUT2D eigenvalue weighted by atomic mass is 16.5. The molecule has 0 radical (unpaired) electrons. The molecule has 1 aromatic carbocycles. The molecule has 5 fully saturated rings. The number of benzene rings is 1. The topological polar surface area (TPSA) is 108 Å². The van der Waals surface area contributed by atoms with Crippen molar-refractivity contribution in [1.82, 2.24) is 15.1 Å². The minimum atomic E-state index is -1.01.